The highest BCUT2D eigenvalue weighted by atomic mass is 16.5. The molecule has 12 heavy (non-hydrogen) atoms. The first-order valence-corrected chi connectivity index (χ1v) is 4.97. The van der Waals surface area contributed by atoms with Gasteiger partial charge in [0, 0.05) is 24.7 Å². The van der Waals surface area contributed by atoms with Crippen LogP contribution in [0, 0.1) is 0 Å². The molecule has 0 aromatic carbocycles. The zero-order valence-electron chi connectivity index (χ0n) is 8.34. The van der Waals surface area contributed by atoms with Crippen molar-refractivity contribution in [3.05, 3.63) is 0 Å². The number of ether oxygens (including phenoxy) is 1. The molecule has 2 aliphatic heterocycles. The summed E-state index contributed by atoms with van der Waals surface area (Å²) in [4.78, 5) is 2.60. The van der Waals surface area contributed by atoms with Crippen LogP contribution >= 0.6 is 0 Å². The molecule has 0 aromatic heterocycles. The maximum absolute atomic E-state index is 5.66. The van der Waals surface area contributed by atoms with Crippen LogP contribution in [0.25, 0.3) is 0 Å². The molecule has 0 bridgehead atoms. The average molecular weight is 169 g/mol. The molecule has 2 heterocycles. The molecule has 70 valence electrons. The summed E-state index contributed by atoms with van der Waals surface area (Å²) in [6, 6.07) is 0.713. The summed E-state index contributed by atoms with van der Waals surface area (Å²) in [6.45, 7) is 9.09. The Morgan fingerprint density at radius 3 is 2.67 bits per heavy atom. The predicted molar refractivity (Wildman–Crippen MR) is 49.2 cm³/mol. The van der Waals surface area contributed by atoms with Crippen molar-refractivity contribution < 1.29 is 4.74 Å². The van der Waals surface area contributed by atoms with E-state index in [4.69, 9.17) is 4.74 Å². The molecule has 0 aliphatic carbocycles. The smallest absolute Gasteiger partial charge is 0.0743 e. The second kappa shape index (κ2) is 2.71. The Bertz CT molecular complexity index is 173. The Morgan fingerprint density at radius 1 is 1.25 bits per heavy atom. The van der Waals surface area contributed by atoms with Gasteiger partial charge in [-0.1, -0.05) is 0 Å². The molecule has 2 saturated heterocycles. The van der Waals surface area contributed by atoms with Crippen LogP contribution < -0.4 is 0 Å². The SMILES string of the molecule is CC(C)(C)N1CCC2OCCC21. The van der Waals surface area contributed by atoms with Crippen LogP contribution in [0.1, 0.15) is 33.6 Å². The molecule has 2 unspecified atom stereocenters. The van der Waals surface area contributed by atoms with Crippen LogP contribution in [-0.2, 0) is 4.74 Å². The number of likely N-dealkylation sites (tertiary alicyclic amines) is 1. The quantitative estimate of drug-likeness (QED) is 0.546. The first-order valence-electron chi connectivity index (χ1n) is 4.97. The molecular formula is C10H19NO. The summed E-state index contributed by atoms with van der Waals surface area (Å²) in [7, 11) is 0. The van der Waals surface area contributed by atoms with Crippen molar-refractivity contribution in [1.29, 1.82) is 0 Å². The maximum Gasteiger partial charge on any atom is 0.0743 e. The van der Waals surface area contributed by atoms with Gasteiger partial charge >= 0.3 is 0 Å². The molecule has 2 atom stereocenters. The van der Waals surface area contributed by atoms with E-state index in [0.29, 0.717) is 17.7 Å². The summed E-state index contributed by atoms with van der Waals surface area (Å²) in [5.74, 6) is 0. The third-order valence-corrected chi connectivity index (χ3v) is 3.09. The van der Waals surface area contributed by atoms with Gasteiger partial charge in [-0.2, -0.15) is 0 Å². The molecule has 0 N–H and O–H groups in total. The third kappa shape index (κ3) is 1.27. The zero-order chi connectivity index (χ0) is 8.77. The van der Waals surface area contributed by atoms with Crippen molar-refractivity contribution in [3.63, 3.8) is 0 Å². The standard InChI is InChI=1S/C10H19NO/c1-10(2,3)11-6-4-9-8(11)5-7-12-9/h8-9H,4-7H2,1-3H3. The van der Waals surface area contributed by atoms with Crippen molar-refractivity contribution in [1.82, 2.24) is 4.90 Å². The monoisotopic (exact) mass is 169 g/mol. The van der Waals surface area contributed by atoms with E-state index >= 15 is 0 Å². The van der Waals surface area contributed by atoms with E-state index in [1.54, 1.807) is 0 Å². The molecule has 2 aliphatic rings. The summed E-state index contributed by atoms with van der Waals surface area (Å²) in [5.41, 5.74) is 0.327. The van der Waals surface area contributed by atoms with Crippen LogP contribution in [0.3, 0.4) is 0 Å². The lowest BCUT2D eigenvalue weighted by Gasteiger charge is -2.36. The van der Waals surface area contributed by atoms with Crippen molar-refractivity contribution in [3.8, 4) is 0 Å². The number of nitrogens with zero attached hydrogens (tertiary/aromatic N) is 1. The number of rotatable bonds is 0. The van der Waals surface area contributed by atoms with Crippen molar-refractivity contribution in [2.45, 2.75) is 51.3 Å². The van der Waals surface area contributed by atoms with Crippen molar-refractivity contribution >= 4 is 0 Å². The van der Waals surface area contributed by atoms with E-state index in [0.717, 1.165) is 6.61 Å². The van der Waals surface area contributed by atoms with Crippen LogP contribution in [0.2, 0.25) is 0 Å². The number of fused-ring (bicyclic) bond motifs is 1. The molecule has 0 radical (unpaired) electrons. The second-order valence-electron chi connectivity index (χ2n) is 4.92. The highest BCUT2D eigenvalue weighted by Gasteiger charge is 2.42. The minimum absolute atomic E-state index is 0.327. The molecule has 0 amide bonds. The summed E-state index contributed by atoms with van der Waals surface area (Å²) in [5, 5.41) is 0. The van der Waals surface area contributed by atoms with Crippen LogP contribution in [0.15, 0.2) is 0 Å². The second-order valence-corrected chi connectivity index (χ2v) is 4.92. The van der Waals surface area contributed by atoms with Crippen LogP contribution in [0.5, 0.6) is 0 Å². The minimum Gasteiger partial charge on any atom is -0.376 e. The zero-order valence-corrected chi connectivity index (χ0v) is 8.34. The van der Waals surface area contributed by atoms with Gasteiger partial charge in [-0.05, 0) is 33.6 Å². The van der Waals surface area contributed by atoms with E-state index in [1.807, 2.05) is 0 Å². The number of hydrogen-bond acceptors (Lipinski definition) is 2. The molecular weight excluding hydrogens is 150 g/mol. The fourth-order valence-electron chi connectivity index (χ4n) is 2.53. The largest absolute Gasteiger partial charge is 0.376 e. The lowest BCUT2D eigenvalue weighted by molar-refractivity contribution is 0.0847. The minimum atomic E-state index is 0.327. The van der Waals surface area contributed by atoms with Gasteiger partial charge in [0.05, 0.1) is 6.10 Å². The molecule has 2 heteroatoms. The molecule has 0 saturated carbocycles. The third-order valence-electron chi connectivity index (χ3n) is 3.09. The van der Waals surface area contributed by atoms with Crippen molar-refractivity contribution in [2.75, 3.05) is 13.2 Å². The topological polar surface area (TPSA) is 12.5 Å². The first kappa shape index (κ1) is 8.52. The van der Waals surface area contributed by atoms with E-state index < -0.39 is 0 Å². The Morgan fingerprint density at radius 2 is 2.00 bits per heavy atom. The van der Waals surface area contributed by atoms with Gasteiger partial charge in [-0.15, -0.1) is 0 Å². The first-order chi connectivity index (χ1) is 5.59. The van der Waals surface area contributed by atoms with Gasteiger partial charge in [0.25, 0.3) is 0 Å². The van der Waals surface area contributed by atoms with E-state index in [-0.39, 0.29) is 0 Å². The van der Waals surface area contributed by atoms with Crippen LogP contribution in [-0.4, -0.2) is 35.7 Å². The highest BCUT2D eigenvalue weighted by molar-refractivity contribution is 4.96. The summed E-state index contributed by atoms with van der Waals surface area (Å²) in [6.07, 6.45) is 3.02. The molecule has 2 nitrogen and oxygen atoms in total. The van der Waals surface area contributed by atoms with Gasteiger partial charge in [0.15, 0.2) is 0 Å². The average Bonchev–Trinajstić information content (AvgIpc) is 2.37. The summed E-state index contributed by atoms with van der Waals surface area (Å²) < 4.78 is 5.66. The predicted octanol–water partition coefficient (Wildman–Crippen LogP) is 1.65. The molecule has 2 fully saturated rings. The molecule has 0 spiro atoms. The fourth-order valence-corrected chi connectivity index (χ4v) is 2.53. The van der Waals surface area contributed by atoms with Gasteiger partial charge in [-0.3, -0.25) is 4.90 Å². The number of hydrogen-bond donors (Lipinski definition) is 0. The molecule has 2 rings (SSSR count). The Kier molecular flexibility index (Phi) is 1.92. The highest BCUT2D eigenvalue weighted by Crippen LogP contribution is 2.33. The Labute approximate surface area is 74.9 Å². The van der Waals surface area contributed by atoms with Gasteiger partial charge in [-0.25, -0.2) is 0 Å². The van der Waals surface area contributed by atoms with Gasteiger partial charge in [0.2, 0.25) is 0 Å². The van der Waals surface area contributed by atoms with Crippen LogP contribution in [0.4, 0.5) is 0 Å². The lowest BCUT2D eigenvalue weighted by Crippen LogP contribution is -2.45. The van der Waals surface area contributed by atoms with Gasteiger partial charge in [0.1, 0.15) is 0 Å². The van der Waals surface area contributed by atoms with Crippen molar-refractivity contribution in [2.24, 2.45) is 0 Å². The Hall–Kier alpha value is -0.0800. The van der Waals surface area contributed by atoms with E-state index in [1.165, 1.54) is 19.4 Å². The fraction of sp³-hybridized carbons (Fsp3) is 1.00. The normalized spacial score (nSPS) is 37.2. The molecule has 0 aromatic rings. The Balaban J connectivity index is 2.09. The van der Waals surface area contributed by atoms with Gasteiger partial charge < -0.3 is 4.74 Å². The lowest BCUT2D eigenvalue weighted by atomic mass is 10.0. The van der Waals surface area contributed by atoms with E-state index in [2.05, 4.69) is 25.7 Å². The summed E-state index contributed by atoms with van der Waals surface area (Å²) >= 11 is 0. The van der Waals surface area contributed by atoms with E-state index in [9.17, 15) is 0 Å². The maximum atomic E-state index is 5.66.